The topological polar surface area (TPSA) is 6.48 Å². The Morgan fingerprint density at radius 3 is 1.92 bits per heavy atom. The maximum Gasteiger partial charge on any atom is 0.0110 e. The number of aryl methyl sites for hydroxylation is 2. The van der Waals surface area contributed by atoms with E-state index in [1.807, 2.05) is 0 Å². The molecule has 1 fully saturated rings. The average Bonchev–Trinajstić information content (AvgIpc) is 2.78. The minimum Gasteiger partial charge on any atom is -0.304 e. The molecule has 1 aliphatic carbocycles. The molecule has 0 aromatic heterocycles. The smallest absolute Gasteiger partial charge is 0.0110 e. The molecule has 0 bridgehead atoms. The summed E-state index contributed by atoms with van der Waals surface area (Å²) < 4.78 is 0. The second-order valence-corrected chi connectivity index (χ2v) is 7.38. The minimum absolute atomic E-state index is 0.555. The predicted octanol–water partition coefficient (Wildman–Crippen LogP) is 3.55. The standard InChI is InChI=1S/C22H28N2/c1-23-14-16-24(17-15-23)13-12-22-20-8-4-2-6-18(20)10-11-19-7-3-5-9-21(19)22/h2-9,22H,10-17H2,1H3. The van der Waals surface area contributed by atoms with Gasteiger partial charge in [0.15, 0.2) is 0 Å². The van der Waals surface area contributed by atoms with E-state index in [-0.39, 0.29) is 0 Å². The maximum absolute atomic E-state index is 2.65. The lowest BCUT2D eigenvalue weighted by Gasteiger charge is -2.33. The minimum atomic E-state index is 0.555. The van der Waals surface area contributed by atoms with Crippen molar-refractivity contribution in [3.05, 3.63) is 70.8 Å². The van der Waals surface area contributed by atoms with Gasteiger partial charge in [0.2, 0.25) is 0 Å². The van der Waals surface area contributed by atoms with E-state index in [4.69, 9.17) is 0 Å². The van der Waals surface area contributed by atoms with E-state index in [1.165, 1.54) is 52.0 Å². The third-order valence-corrected chi connectivity index (χ3v) is 5.85. The fourth-order valence-electron chi connectivity index (χ4n) is 4.33. The van der Waals surface area contributed by atoms with Gasteiger partial charge in [0.1, 0.15) is 0 Å². The van der Waals surface area contributed by atoms with Crippen LogP contribution in [0, 0.1) is 0 Å². The van der Waals surface area contributed by atoms with Crippen molar-refractivity contribution in [1.29, 1.82) is 0 Å². The number of hydrogen-bond donors (Lipinski definition) is 0. The molecule has 4 rings (SSSR count). The molecule has 0 spiro atoms. The second kappa shape index (κ2) is 7.08. The molecule has 2 aromatic rings. The van der Waals surface area contributed by atoms with Crippen molar-refractivity contribution in [2.45, 2.75) is 25.2 Å². The van der Waals surface area contributed by atoms with Gasteiger partial charge in [0.05, 0.1) is 0 Å². The van der Waals surface area contributed by atoms with Crippen molar-refractivity contribution < 1.29 is 0 Å². The third kappa shape index (κ3) is 3.26. The molecule has 2 aromatic carbocycles. The van der Waals surface area contributed by atoms with Crippen molar-refractivity contribution in [2.75, 3.05) is 39.8 Å². The van der Waals surface area contributed by atoms with Crippen LogP contribution >= 0.6 is 0 Å². The van der Waals surface area contributed by atoms with Crippen molar-refractivity contribution in [3.63, 3.8) is 0 Å². The van der Waals surface area contributed by atoms with Gasteiger partial charge in [-0.15, -0.1) is 0 Å². The Bertz CT molecular complexity index is 638. The van der Waals surface area contributed by atoms with Crippen molar-refractivity contribution in [3.8, 4) is 0 Å². The normalized spacial score (nSPS) is 19.5. The number of fused-ring (bicyclic) bond motifs is 2. The fraction of sp³-hybridized carbons (Fsp3) is 0.455. The van der Waals surface area contributed by atoms with Gasteiger partial charge in [-0.2, -0.15) is 0 Å². The summed E-state index contributed by atoms with van der Waals surface area (Å²) in [5.41, 5.74) is 6.24. The van der Waals surface area contributed by atoms with E-state index in [0.29, 0.717) is 5.92 Å². The number of hydrogen-bond acceptors (Lipinski definition) is 2. The van der Waals surface area contributed by atoms with Crippen LogP contribution in [-0.4, -0.2) is 49.6 Å². The zero-order valence-corrected chi connectivity index (χ0v) is 14.7. The Morgan fingerprint density at radius 1 is 0.792 bits per heavy atom. The van der Waals surface area contributed by atoms with Gasteiger partial charge in [0.25, 0.3) is 0 Å². The Hall–Kier alpha value is -1.64. The number of piperazine rings is 1. The van der Waals surface area contributed by atoms with Crippen LogP contribution in [-0.2, 0) is 12.8 Å². The molecule has 0 N–H and O–H groups in total. The Balaban J connectivity index is 1.58. The molecule has 1 heterocycles. The fourth-order valence-corrected chi connectivity index (χ4v) is 4.33. The lowest BCUT2D eigenvalue weighted by atomic mass is 9.85. The Kier molecular flexibility index (Phi) is 4.68. The molecule has 126 valence electrons. The molecule has 2 nitrogen and oxygen atoms in total. The Labute approximate surface area is 146 Å². The Morgan fingerprint density at radius 2 is 1.33 bits per heavy atom. The zero-order valence-electron chi connectivity index (χ0n) is 14.7. The molecular weight excluding hydrogens is 292 g/mol. The van der Waals surface area contributed by atoms with Crippen LogP contribution < -0.4 is 0 Å². The number of benzene rings is 2. The zero-order chi connectivity index (χ0) is 16.4. The summed E-state index contributed by atoms with van der Waals surface area (Å²) in [5.74, 6) is 0.555. The summed E-state index contributed by atoms with van der Waals surface area (Å²) in [4.78, 5) is 5.09. The van der Waals surface area contributed by atoms with E-state index in [2.05, 4.69) is 65.4 Å². The summed E-state index contributed by atoms with van der Waals surface area (Å²) in [6, 6.07) is 18.2. The molecule has 0 amide bonds. The first-order valence-corrected chi connectivity index (χ1v) is 9.38. The number of nitrogens with zero attached hydrogens (tertiary/aromatic N) is 2. The highest BCUT2D eigenvalue weighted by atomic mass is 15.2. The van der Waals surface area contributed by atoms with Crippen LogP contribution in [0.2, 0.25) is 0 Å². The van der Waals surface area contributed by atoms with Gasteiger partial charge in [-0.3, -0.25) is 0 Å². The summed E-state index contributed by atoms with van der Waals surface area (Å²) >= 11 is 0. The van der Waals surface area contributed by atoms with Crippen LogP contribution in [0.4, 0.5) is 0 Å². The van der Waals surface area contributed by atoms with Gasteiger partial charge < -0.3 is 9.80 Å². The quantitative estimate of drug-likeness (QED) is 0.853. The average molecular weight is 320 g/mol. The van der Waals surface area contributed by atoms with Crippen LogP contribution in [0.5, 0.6) is 0 Å². The molecule has 0 radical (unpaired) electrons. The molecule has 0 unspecified atom stereocenters. The van der Waals surface area contributed by atoms with E-state index in [9.17, 15) is 0 Å². The van der Waals surface area contributed by atoms with E-state index in [1.54, 1.807) is 22.3 Å². The second-order valence-electron chi connectivity index (χ2n) is 7.38. The third-order valence-electron chi connectivity index (χ3n) is 5.85. The number of likely N-dealkylation sites (N-methyl/N-ethyl adjacent to an activating group) is 1. The van der Waals surface area contributed by atoms with Crippen LogP contribution in [0.3, 0.4) is 0 Å². The molecule has 1 aliphatic heterocycles. The van der Waals surface area contributed by atoms with E-state index in [0.717, 1.165) is 0 Å². The van der Waals surface area contributed by atoms with Gasteiger partial charge in [-0.1, -0.05) is 48.5 Å². The largest absolute Gasteiger partial charge is 0.304 e. The summed E-state index contributed by atoms with van der Waals surface area (Å²) in [5, 5.41) is 0. The molecule has 2 heteroatoms. The van der Waals surface area contributed by atoms with Gasteiger partial charge in [-0.25, -0.2) is 0 Å². The molecule has 24 heavy (non-hydrogen) atoms. The monoisotopic (exact) mass is 320 g/mol. The molecule has 0 atom stereocenters. The van der Waals surface area contributed by atoms with Gasteiger partial charge in [0, 0.05) is 32.1 Å². The number of rotatable bonds is 3. The first-order chi connectivity index (χ1) is 11.8. The first-order valence-electron chi connectivity index (χ1n) is 9.38. The summed E-state index contributed by atoms with van der Waals surface area (Å²) in [6.07, 6.45) is 3.59. The van der Waals surface area contributed by atoms with Crippen LogP contribution in [0.15, 0.2) is 48.5 Å². The highest BCUT2D eigenvalue weighted by Gasteiger charge is 2.24. The van der Waals surface area contributed by atoms with Gasteiger partial charge in [-0.05, 0) is 55.1 Å². The van der Waals surface area contributed by atoms with E-state index < -0.39 is 0 Å². The SMILES string of the molecule is CN1CCN(CCC2c3ccccc3CCc3ccccc32)CC1. The van der Waals surface area contributed by atoms with Crippen LogP contribution in [0.25, 0.3) is 0 Å². The lowest BCUT2D eigenvalue weighted by Crippen LogP contribution is -2.44. The predicted molar refractivity (Wildman–Crippen MR) is 101 cm³/mol. The highest BCUT2D eigenvalue weighted by molar-refractivity contribution is 5.44. The van der Waals surface area contributed by atoms with Gasteiger partial charge >= 0.3 is 0 Å². The molecule has 1 saturated heterocycles. The van der Waals surface area contributed by atoms with E-state index >= 15 is 0 Å². The lowest BCUT2D eigenvalue weighted by molar-refractivity contribution is 0.151. The summed E-state index contributed by atoms with van der Waals surface area (Å²) in [6.45, 7) is 6.05. The van der Waals surface area contributed by atoms with Crippen molar-refractivity contribution >= 4 is 0 Å². The van der Waals surface area contributed by atoms with Crippen LogP contribution in [0.1, 0.15) is 34.6 Å². The highest BCUT2D eigenvalue weighted by Crippen LogP contribution is 2.36. The molecule has 0 saturated carbocycles. The molecular formula is C22H28N2. The first kappa shape index (κ1) is 15.9. The van der Waals surface area contributed by atoms with Crippen molar-refractivity contribution in [1.82, 2.24) is 9.80 Å². The van der Waals surface area contributed by atoms with Crippen molar-refractivity contribution in [2.24, 2.45) is 0 Å². The summed E-state index contributed by atoms with van der Waals surface area (Å²) in [7, 11) is 2.23. The maximum atomic E-state index is 2.65. The molecule has 2 aliphatic rings.